The van der Waals surface area contributed by atoms with Crippen molar-refractivity contribution in [2.75, 3.05) is 0 Å². The van der Waals surface area contributed by atoms with Gasteiger partial charge in [0.1, 0.15) is 0 Å². The second kappa shape index (κ2) is 5.92. The molecule has 18 heavy (non-hydrogen) atoms. The third-order valence-electron chi connectivity index (χ3n) is 5.22. The number of hydrogen-bond acceptors (Lipinski definition) is 1. The lowest BCUT2D eigenvalue weighted by Crippen LogP contribution is -2.47. The lowest BCUT2D eigenvalue weighted by molar-refractivity contribution is 0.0496. The maximum atomic E-state index is 6.75. The van der Waals surface area contributed by atoms with Gasteiger partial charge in [-0.3, -0.25) is 0 Å². The van der Waals surface area contributed by atoms with E-state index in [9.17, 15) is 0 Å². The van der Waals surface area contributed by atoms with Crippen LogP contribution >= 0.6 is 0 Å². The molecule has 1 saturated carbocycles. The molecule has 0 heterocycles. The van der Waals surface area contributed by atoms with Crippen molar-refractivity contribution in [1.29, 1.82) is 0 Å². The highest BCUT2D eigenvalue weighted by Crippen LogP contribution is 2.44. The summed E-state index contributed by atoms with van der Waals surface area (Å²) in [5.74, 6) is 1.24. The van der Waals surface area contributed by atoms with Gasteiger partial charge in [0, 0.05) is 5.92 Å². The Morgan fingerprint density at radius 2 is 1.67 bits per heavy atom. The molecule has 0 spiro atoms. The predicted molar refractivity (Wildman–Crippen MR) is 83.4 cm³/mol. The first kappa shape index (κ1) is 16.0. The Hall–Kier alpha value is -0.0831. The summed E-state index contributed by atoms with van der Waals surface area (Å²) in [6.07, 6.45) is 2.55. The van der Waals surface area contributed by atoms with E-state index in [-0.39, 0.29) is 5.60 Å². The molecule has 0 saturated heterocycles. The van der Waals surface area contributed by atoms with Gasteiger partial charge in [0.15, 0.2) is 8.32 Å². The van der Waals surface area contributed by atoms with Crippen LogP contribution in [0.3, 0.4) is 0 Å². The number of rotatable bonds is 6. The van der Waals surface area contributed by atoms with Crippen molar-refractivity contribution in [2.24, 2.45) is 11.8 Å². The van der Waals surface area contributed by atoms with Crippen molar-refractivity contribution in [3.05, 3.63) is 12.2 Å². The third kappa shape index (κ3) is 3.08. The molecule has 0 aromatic heterocycles. The van der Waals surface area contributed by atoms with Gasteiger partial charge in [0.2, 0.25) is 0 Å². The van der Waals surface area contributed by atoms with Crippen molar-refractivity contribution in [1.82, 2.24) is 0 Å². The fourth-order valence-electron chi connectivity index (χ4n) is 3.52. The molecule has 1 aliphatic rings. The third-order valence-corrected chi connectivity index (χ3v) is 10.0. The lowest BCUT2D eigenvalue weighted by atomic mass is 9.86. The van der Waals surface area contributed by atoms with E-state index in [4.69, 9.17) is 4.43 Å². The smallest absolute Gasteiger partial charge is 0.192 e. The summed E-state index contributed by atoms with van der Waals surface area (Å²) in [4.78, 5) is 0. The van der Waals surface area contributed by atoms with Crippen LogP contribution in [0.4, 0.5) is 0 Å². The van der Waals surface area contributed by atoms with Gasteiger partial charge < -0.3 is 4.43 Å². The van der Waals surface area contributed by atoms with E-state index in [0.29, 0.717) is 11.8 Å². The molecule has 1 fully saturated rings. The standard InChI is InChI=1S/C16H32OSi/c1-8-18(9-2,10-3)17-16(6,7)15-12-11-13(4)14(15)5/h13,15H,5,8-12H2,1-4,6-7H3/t13-,15+/m0/s1. The molecule has 1 nitrogen and oxygen atoms in total. The molecule has 0 aromatic rings. The van der Waals surface area contributed by atoms with Gasteiger partial charge in [-0.15, -0.1) is 0 Å². The maximum Gasteiger partial charge on any atom is 0.192 e. The minimum atomic E-state index is -1.51. The minimum Gasteiger partial charge on any atom is -0.411 e. The Labute approximate surface area is 115 Å². The van der Waals surface area contributed by atoms with E-state index < -0.39 is 8.32 Å². The molecule has 106 valence electrons. The zero-order valence-electron chi connectivity index (χ0n) is 13.3. The van der Waals surface area contributed by atoms with Gasteiger partial charge in [-0.2, -0.15) is 0 Å². The summed E-state index contributed by atoms with van der Waals surface area (Å²) in [5, 5.41) is 0. The fourth-order valence-corrected chi connectivity index (χ4v) is 6.71. The van der Waals surface area contributed by atoms with Crippen molar-refractivity contribution in [3.8, 4) is 0 Å². The first-order chi connectivity index (χ1) is 8.32. The van der Waals surface area contributed by atoms with E-state index in [0.717, 1.165) is 0 Å². The molecule has 0 N–H and O–H groups in total. The molecule has 0 bridgehead atoms. The molecule has 2 atom stereocenters. The van der Waals surface area contributed by atoms with Crippen molar-refractivity contribution in [2.45, 2.75) is 78.1 Å². The van der Waals surface area contributed by atoms with Crippen LogP contribution in [0, 0.1) is 11.8 Å². The highest BCUT2D eigenvalue weighted by molar-refractivity contribution is 6.73. The fraction of sp³-hybridized carbons (Fsp3) is 0.875. The molecular weight excluding hydrogens is 236 g/mol. The quantitative estimate of drug-likeness (QED) is 0.463. The Kier molecular flexibility index (Phi) is 5.25. The van der Waals surface area contributed by atoms with Gasteiger partial charge in [0.05, 0.1) is 5.60 Å². The normalized spacial score (nSPS) is 25.8. The van der Waals surface area contributed by atoms with Gasteiger partial charge in [-0.1, -0.05) is 39.8 Å². The molecule has 0 amide bonds. The molecule has 0 aliphatic heterocycles. The molecule has 1 aliphatic carbocycles. The Morgan fingerprint density at radius 1 is 1.17 bits per heavy atom. The summed E-state index contributed by atoms with van der Waals surface area (Å²) in [7, 11) is -1.51. The van der Waals surface area contributed by atoms with Crippen LogP contribution in [-0.2, 0) is 4.43 Å². The Morgan fingerprint density at radius 3 is 2.00 bits per heavy atom. The van der Waals surface area contributed by atoms with E-state index in [2.05, 4.69) is 48.1 Å². The second-order valence-electron chi connectivity index (χ2n) is 6.56. The predicted octanol–water partition coefficient (Wildman–Crippen LogP) is 5.39. The van der Waals surface area contributed by atoms with Crippen LogP contribution in [0.15, 0.2) is 12.2 Å². The van der Waals surface area contributed by atoms with E-state index in [1.807, 2.05) is 0 Å². The molecular formula is C16H32OSi. The SMILES string of the molecule is C=C1[C@H](C(C)(C)O[Si](CC)(CC)CC)CC[C@@H]1C. The van der Waals surface area contributed by atoms with E-state index in [1.165, 1.54) is 36.5 Å². The lowest BCUT2D eigenvalue weighted by Gasteiger charge is -2.42. The van der Waals surface area contributed by atoms with Crippen LogP contribution in [0.25, 0.3) is 0 Å². The summed E-state index contributed by atoms with van der Waals surface area (Å²) in [6, 6.07) is 3.70. The maximum absolute atomic E-state index is 6.75. The van der Waals surface area contributed by atoms with Crippen molar-refractivity contribution in [3.63, 3.8) is 0 Å². The average molecular weight is 269 g/mol. The van der Waals surface area contributed by atoms with Gasteiger partial charge in [-0.25, -0.2) is 0 Å². The summed E-state index contributed by atoms with van der Waals surface area (Å²) >= 11 is 0. The largest absolute Gasteiger partial charge is 0.411 e. The minimum absolute atomic E-state index is 0.0178. The van der Waals surface area contributed by atoms with Gasteiger partial charge in [0.25, 0.3) is 0 Å². The highest BCUT2D eigenvalue weighted by atomic mass is 28.4. The van der Waals surface area contributed by atoms with Gasteiger partial charge in [-0.05, 0) is 50.7 Å². The van der Waals surface area contributed by atoms with Gasteiger partial charge >= 0.3 is 0 Å². The summed E-state index contributed by atoms with van der Waals surface area (Å²) in [6.45, 7) is 18.1. The van der Waals surface area contributed by atoms with E-state index >= 15 is 0 Å². The van der Waals surface area contributed by atoms with Crippen LogP contribution < -0.4 is 0 Å². The Bertz CT molecular complexity index is 283. The average Bonchev–Trinajstić information content (AvgIpc) is 2.68. The molecule has 0 aromatic carbocycles. The highest BCUT2D eigenvalue weighted by Gasteiger charge is 2.43. The first-order valence-electron chi connectivity index (χ1n) is 7.70. The summed E-state index contributed by atoms with van der Waals surface area (Å²) in [5.41, 5.74) is 1.40. The number of hydrogen-bond donors (Lipinski definition) is 0. The topological polar surface area (TPSA) is 9.23 Å². The zero-order chi connectivity index (χ0) is 14.0. The molecule has 1 rings (SSSR count). The molecule has 0 radical (unpaired) electrons. The molecule has 0 unspecified atom stereocenters. The van der Waals surface area contributed by atoms with Crippen molar-refractivity contribution < 1.29 is 4.43 Å². The van der Waals surface area contributed by atoms with Crippen LogP contribution in [0.2, 0.25) is 18.1 Å². The summed E-state index contributed by atoms with van der Waals surface area (Å²) < 4.78 is 6.75. The van der Waals surface area contributed by atoms with Crippen LogP contribution in [0.1, 0.15) is 54.4 Å². The second-order valence-corrected chi connectivity index (χ2v) is 11.2. The van der Waals surface area contributed by atoms with E-state index in [1.54, 1.807) is 0 Å². The zero-order valence-corrected chi connectivity index (χ0v) is 14.3. The monoisotopic (exact) mass is 268 g/mol. The molecule has 2 heteroatoms. The Balaban J connectivity index is 2.83. The van der Waals surface area contributed by atoms with Crippen LogP contribution in [-0.4, -0.2) is 13.9 Å². The first-order valence-corrected chi connectivity index (χ1v) is 10.2. The van der Waals surface area contributed by atoms with Crippen molar-refractivity contribution >= 4 is 8.32 Å². The van der Waals surface area contributed by atoms with Crippen LogP contribution in [0.5, 0.6) is 0 Å².